The van der Waals surface area contributed by atoms with E-state index in [1.807, 2.05) is 30.3 Å². The molecule has 0 radical (unpaired) electrons. The molecule has 2 aliphatic rings. The first-order valence-corrected chi connectivity index (χ1v) is 11.9. The highest BCUT2D eigenvalue weighted by atomic mass is 16.5. The molecule has 182 valence electrons. The van der Waals surface area contributed by atoms with Gasteiger partial charge >= 0.3 is 0 Å². The Morgan fingerprint density at radius 1 is 1.17 bits per heavy atom. The highest BCUT2D eigenvalue weighted by molar-refractivity contribution is 6.02. The summed E-state index contributed by atoms with van der Waals surface area (Å²) in [5.41, 5.74) is 2.72. The molecule has 0 saturated carbocycles. The number of likely N-dealkylation sites (tertiary alicyclic amines) is 1. The molecule has 3 aromatic rings. The number of benzene rings is 2. The van der Waals surface area contributed by atoms with Gasteiger partial charge in [-0.2, -0.15) is 5.10 Å². The molecule has 3 heterocycles. The van der Waals surface area contributed by atoms with Crippen molar-refractivity contribution in [1.29, 1.82) is 0 Å². The van der Waals surface area contributed by atoms with Gasteiger partial charge in [0, 0.05) is 50.6 Å². The second-order valence-electron chi connectivity index (χ2n) is 9.25. The molecular formula is C26H29N5O4. The summed E-state index contributed by atoms with van der Waals surface area (Å²) in [5, 5.41) is 10.8. The zero-order valence-corrected chi connectivity index (χ0v) is 19.7. The number of ether oxygens (including phenoxy) is 1. The Bertz CT molecular complexity index is 1260. The van der Waals surface area contributed by atoms with Crippen molar-refractivity contribution in [3.63, 3.8) is 0 Å². The smallest absolute Gasteiger partial charge is 0.258 e. The third-order valence-corrected chi connectivity index (χ3v) is 6.68. The van der Waals surface area contributed by atoms with Gasteiger partial charge in [-0.3, -0.25) is 29.3 Å². The first-order valence-electron chi connectivity index (χ1n) is 11.9. The predicted molar refractivity (Wildman–Crippen MR) is 130 cm³/mol. The number of piperidine rings is 1. The average Bonchev–Trinajstić information content (AvgIpc) is 3.42. The molecule has 2 aliphatic heterocycles. The number of amides is 3. The fraction of sp³-hybridized carbons (Fsp3) is 0.385. The second kappa shape index (κ2) is 9.87. The van der Waals surface area contributed by atoms with Crippen LogP contribution in [0, 0.1) is 0 Å². The van der Waals surface area contributed by atoms with Crippen LogP contribution in [-0.4, -0.2) is 58.1 Å². The highest BCUT2D eigenvalue weighted by Crippen LogP contribution is 2.31. The Hall–Kier alpha value is -3.72. The Kier molecular flexibility index (Phi) is 6.50. The van der Waals surface area contributed by atoms with E-state index < -0.39 is 5.92 Å². The minimum atomic E-state index is -0.457. The van der Waals surface area contributed by atoms with Gasteiger partial charge < -0.3 is 10.1 Å². The van der Waals surface area contributed by atoms with Gasteiger partial charge in [0.15, 0.2) is 6.61 Å². The number of carbonyl (C=O) groups is 3. The van der Waals surface area contributed by atoms with Gasteiger partial charge in [-0.1, -0.05) is 30.3 Å². The third kappa shape index (κ3) is 5.19. The molecule has 2 saturated heterocycles. The lowest BCUT2D eigenvalue weighted by Gasteiger charge is -2.19. The van der Waals surface area contributed by atoms with E-state index in [1.54, 1.807) is 17.8 Å². The van der Waals surface area contributed by atoms with Crippen molar-refractivity contribution in [2.24, 2.45) is 7.05 Å². The summed E-state index contributed by atoms with van der Waals surface area (Å²) in [5.74, 6) is -0.607. The molecule has 2 atom stereocenters. The van der Waals surface area contributed by atoms with E-state index in [2.05, 4.69) is 32.8 Å². The van der Waals surface area contributed by atoms with Crippen LogP contribution in [0.25, 0.3) is 10.9 Å². The van der Waals surface area contributed by atoms with Crippen LogP contribution in [0.4, 0.5) is 0 Å². The quantitative estimate of drug-likeness (QED) is 0.506. The third-order valence-electron chi connectivity index (χ3n) is 6.68. The summed E-state index contributed by atoms with van der Waals surface area (Å²) in [4.78, 5) is 38.6. The summed E-state index contributed by atoms with van der Waals surface area (Å²) in [6, 6.07) is 15.9. The van der Waals surface area contributed by atoms with E-state index in [0.29, 0.717) is 24.3 Å². The van der Waals surface area contributed by atoms with Crippen molar-refractivity contribution < 1.29 is 19.1 Å². The van der Waals surface area contributed by atoms with Gasteiger partial charge in [0.2, 0.25) is 11.8 Å². The maximum Gasteiger partial charge on any atom is 0.258 e. The standard InChI is InChI=1S/C26H29N5O4/c1-30-22-13-19(7-8-20(22)25(29-30)21-9-10-23(32)28-26(21)34)35-16-24(33)27-18-11-12-31(15-18)14-17-5-3-2-4-6-17/h2-8,13,18,21H,9-12,14-16H2,1H3,(H,27,33)(H,28,32,34). The Morgan fingerprint density at radius 3 is 2.80 bits per heavy atom. The van der Waals surface area contributed by atoms with E-state index >= 15 is 0 Å². The van der Waals surface area contributed by atoms with Gasteiger partial charge in [-0.05, 0) is 30.5 Å². The fourth-order valence-electron chi connectivity index (χ4n) is 4.92. The van der Waals surface area contributed by atoms with Gasteiger partial charge in [0.25, 0.3) is 5.91 Å². The Balaban J connectivity index is 1.16. The van der Waals surface area contributed by atoms with E-state index in [-0.39, 0.29) is 30.4 Å². The number of aromatic nitrogens is 2. The number of rotatable bonds is 7. The number of nitrogens with zero attached hydrogens (tertiary/aromatic N) is 3. The molecule has 0 spiro atoms. The summed E-state index contributed by atoms with van der Waals surface area (Å²) in [7, 11) is 1.80. The Morgan fingerprint density at radius 2 is 2.00 bits per heavy atom. The zero-order chi connectivity index (χ0) is 24.4. The van der Waals surface area contributed by atoms with Crippen molar-refractivity contribution in [3.05, 3.63) is 59.8 Å². The van der Waals surface area contributed by atoms with Gasteiger partial charge in [-0.25, -0.2) is 0 Å². The maximum absolute atomic E-state index is 12.5. The van der Waals surface area contributed by atoms with Crippen molar-refractivity contribution in [1.82, 2.24) is 25.3 Å². The van der Waals surface area contributed by atoms with E-state index in [0.717, 1.165) is 37.0 Å². The molecule has 1 aromatic heterocycles. The predicted octanol–water partition coefficient (Wildman–Crippen LogP) is 1.86. The van der Waals surface area contributed by atoms with Gasteiger partial charge in [0.05, 0.1) is 17.1 Å². The normalized spacial score (nSPS) is 20.7. The van der Waals surface area contributed by atoms with Crippen LogP contribution in [0.2, 0.25) is 0 Å². The molecule has 2 N–H and O–H groups in total. The lowest BCUT2D eigenvalue weighted by Crippen LogP contribution is -2.39. The second-order valence-corrected chi connectivity index (χ2v) is 9.25. The lowest BCUT2D eigenvalue weighted by atomic mass is 9.93. The minimum absolute atomic E-state index is 0.0709. The van der Waals surface area contributed by atoms with Gasteiger partial charge in [-0.15, -0.1) is 0 Å². The van der Waals surface area contributed by atoms with Crippen molar-refractivity contribution in [3.8, 4) is 5.75 Å². The maximum atomic E-state index is 12.5. The number of imide groups is 1. The van der Waals surface area contributed by atoms with Crippen molar-refractivity contribution >= 4 is 28.6 Å². The molecule has 0 bridgehead atoms. The van der Waals surface area contributed by atoms with Crippen LogP contribution < -0.4 is 15.4 Å². The monoisotopic (exact) mass is 475 g/mol. The number of carbonyl (C=O) groups excluding carboxylic acids is 3. The summed E-state index contributed by atoms with van der Waals surface area (Å²) >= 11 is 0. The summed E-state index contributed by atoms with van der Waals surface area (Å²) in [6.45, 7) is 2.59. The van der Waals surface area contributed by atoms with Crippen LogP contribution in [0.1, 0.15) is 36.4 Å². The molecule has 9 heteroatoms. The molecule has 35 heavy (non-hydrogen) atoms. The van der Waals surface area contributed by atoms with Crippen LogP contribution in [0.5, 0.6) is 5.75 Å². The van der Waals surface area contributed by atoms with E-state index in [1.165, 1.54) is 5.56 Å². The van der Waals surface area contributed by atoms with Crippen LogP contribution >= 0.6 is 0 Å². The number of nitrogens with one attached hydrogen (secondary N) is 2. The number of hydrogen-bond donors (Lipinski definition) is 2. The topological polar surface area (TPSA) is 106 Å². The molecule has 5 rings (SSSR count). The lowest BCUT2D eigenvalue weighted by molar-refractivity contribution is -0.134. The van der Waals surface area contributed by atoms with E-state index in [4.69, 9.17) is 4.74 Å². The van der Waals surface area contributed by atoms with Crippen molar-refractivity contribution in [2.75, 3.05) is 19.7 Å². The summed E-state index contributed by atoms with van der Waals surface area (Å²) in [6.07, 6.45) is 1.66. The molecule has 3 amide bonds. The number of fused-ring (bicyclic) bond motifs is 1. The van der Waals surface area contributed by atoms with Gasteiger partial charge in [0.1, 0.15) is 5.75 Å². The molecule has 2 fully saturated rings. The fourth-order valence-corrected chi connectivity index (χ4v) is 4.92. The molecule has 9 nitrogen and oxygen atoms in total. The largest absolute Gasteiger partial charge is 0.484 e. The SMILES string of the molecule is Cn1nc(C2CCC(=O)NC2=O)c2ccc(OCC(=O)NC3CCN(Cc4ccccc4)C3)cc21. The zero-order valence-electron chi connectivity index (χ0n) is 19.7. The molecule has 2 unspecified atom stereocenters. The first-order chi connectivity index (χ1) is 17.0. The van der Waals surface area contributed by atoms with Crippen LogP contribution in [0.15, 0.2) is 48.5 Å². The average molecular weight is 476 g/mol. The molecule has 2 aromatic carbocycles. The van der Waals surface area contributed by atoms with Crippen LogP contribution in [0.3, 0.4) is 0 Å². The first kappa shape index (κ1) is 23.0. The van der Waals surface area contributed by atoms with Crippen LogP contribution in [-0.2, 0) is 28.0 Å². The number of aryl methyl sites for hydroxylation is 1. The van der Waals surface area contributed by atoms with Crippen molar-refractivity contribution in [2.45, 2.75) is 37.8 Å². The molecule has 0 aliphatic carbocycles. The Labute approximate surface area is 203 Å². The minimum Gasteiger partial charge on any atom is -0.484 e. The molecular weight excluding hydrogens is 446 g/mol. The summed E-state index contributed by atoms with van der Waals surface area (Å²) < 4.78 is 7.46. The van der Waals surface area contributed by atoms with E-state index in [9.17, 15) is 14.4 Å². The highest BCUT2D eigenvalue weighted by Gasteiger charge is 2.31. The number of hydrogen-bond acceptors (Lipinski definition) is 6.